The van der Waals surface area contributed by atoms with Crippen LogP contribution in [-0.4, -0.2) is 4.57 Å². The minimum atomic E-state index is 1.29. The van der Waals surface area contributed by atoms with E-state index in [4.69, 9.17) is 0 Å². The first-order valence-corrected chi connectivity index (χ1v) is 13.0. The van der Waals surface area contributed by atoms with Crippen LogP contribution in [0.4, 0.5) is 0 Å². The monoisotopic (exact) mass is 387 g/mol. The number of nitrogens with zero attached hydrogens (tertiary/aromatic N) is 1. The summed E-state index contributed by atoms with van der Waals surface area (Å²) in [6.07, 6.45) is 28.0. The third-order valence-corrected chi connectivity index (χ3v) is 6.98. The van der Waals surface area contributed by atoms with E-state index >= 15 is 0 Å². The van der Waals surface area contributed by atoms with E-state index < -0.39 is 0 Å². The highest BCUT2D eigenvalue weighted by molar-refractivity contribution is 5.39. The first-order valence-electron chi connectivity index (χ1n) is 13.0. The molecule has 0 saturated carbocycles. The molecule has 0 spiro atoms. The number of rotatable bonds is 9. The zero-order chi connectivity index (χ0) is 20.0. The Bertz CT molecular complexity index is 525. The maximum Gasteiger partial charge on any atom is 0.0209 e. The van der Waals surface area contributed by atoms with E-state index in [1.807, 2.05) is 0 Å². The Morgan fingerprint density at radius 3 is 1.82 bits per heavy atom. The third kappa shape index (κ3) is 7.60. The maximum atomic E-state index is 2.66. The van der Waals surface area contributed by atoms with Crippen LogP contribution in [0.2, 0.25) is 0 Å². The lowest BCUT2D eigenvalue weighted by Gasteiger charge is -2.10. The van der Waals surface area contributed by atoms with Crippen LogP contribution < -0.4 is 0 Å². The van der Waals surface area contributed by atoms with Gasteiger partial charge in [-0.3, -0.25) is 0 Å². The number of aromatic nitrogens is 1. The summed E-state index contributed by atoms with van der Waals surface area (Å²) in [5, 5.41) is 0. The van der Waals surface area contributed by atoms with Gasteiger partial charge in [0.15, 0.2) is 0 Å². The van der Waals surface area contributed by atoms with E-state index in [0.717, 1.165) is 0 Å². The lowest BCUT2D eigenvalue weighted by molar-refractivity contribution is 0.560. The van der Waals surface area contributed by atoms with Crippen LogP contribution in [0.25, 0.3) is 0 Å². The maximum absolute atomic E-state index is 2.66. The predicted octanol–water partition coefficient (Wildman–Crippen LogP) is 8.49. The Hall–Kier alpha value is -0.720. The molecule has 0 amide bonds. The van der Waals surface area contributed by atoms with E-state index in [1.54, 1.807) is 22.5 Å². The molecule has 0 unspecified atom stereocenters. The molecule has 1 aromatic heterocycles. The molecule has 0 aliphatic heterocycles. The molecule has 0 bridgehead atoms. The molecule has 1 nitrogen and oxygen atoms in total. The smallest absolute Gasteiger partial charge is 0.0209 e. The van der Waals surface area contributed by atoms with Gasteiger partial charge in [-0.1, -0.05) is 97.3 Å². The first kappa shape index (κ1) is 23.6. The summed E-state index contributed by atoms with van der Waals surface area (Å²) >= 11 is 0. The van der Waals surface area contributed by atoms with Crippen molar-refractivity contribution < 1.29 is 0 Å². The van der Waals surface area contributed by atoms with Gasteiger partial charge in [0, 0.05) is 18.4 Å². The van der Waals surface area contributed by atoms with Crippen molar-refractivity contribution in [3.63, 3.8) is 0 Å². The molecule has 1 heteroatoms. The average Bonchev–Trinajstić information content (AvgIpc) is 2.94. The van der Waals surface area contributed by atoms with Crippen molar-refractivity contribution in [1.82, 2.24) is 4.57 Å². The standard InChI is InChI=1S/C27H49N/c1-4-6-7-8-15-18-22-26-24(20-5-2)25-21-17-14-12-10-9-11-13-16-19-23-27(25)28(26)3/h4-23H2,1-3H3. The molecule has 0 fully saturated rings. The Morgan fingerprint density at radius 2 is 1.18 bits per heavy atom. The second kappa shape index (κ2) is 14.3. The van der Waals surface area contributed by atoms with Gasteiger partial charge in [0.1, 0.15) is 0 Å². The molecule has 2 rings (SSSR count). The normalized spacial score (nSPS) is 16.8. The second-order valence-corrected chi connectivity index (χ2v) is 9.36. The molecule has 1 aliphatic carbocycles. The molecule has 0 N–H and O–H groups in total. The molecule has 1 heterocycles. The van der Waals surface area contributed by atoms with Crippen LogP contribution in [-0.2, 0) is 32.7 Å². The van der Waals surface area contributed by atoms with Gasteiger partial charge < -0.3 is 4.57 Å². The highest BCUT2D eigenvalue weighted by Gasteiger charge is 2.19. The molecule has 28 heavy (non-hydrogen) atoms. The largest absolute Gasteiger partial charge is 0.351 e. The van der Waals surface area contributed by atoms with Crippen LogP contribution in [0.15, 0.2) is 0 Å². The Labute approximate surface area is 176 Å². The van der Waals surface area contributed by atoms with E-state index in [9.17, 15) is 0 Å². The van der Waals surface area contributed by atoms with Crippen LogP contribution >= 0.6 is 0 Å². The number of fused-ring (bicyclic) bond motifs is 1. The average molecular weight is 388 g/mol. The van der Waals surface area contributed by atoms with Crippen molar-refractivity contribution in [2.24, 2.45) is 7.05 Å². The van der Waals surface area contributed by atoms with Crippen LogP contribution in [0.1, 0.15) is 139 Å². The van der Waals surface area contributed by atoms with Gasteiger partial charge in [0.25, 0.3) is 0 Å². The summed E-state index contributed by atoms with van der Waals surface area (Å²) in [4.78, 5) is 0. The molecule has 0 atom stereocenters. The van der Waals surface area contributed by atoms with Gasteiger partial charge in [0.2, 0.25) is 0 Å². The fourth-order valence-electron chi connectivity index (χ4n) is 5.30. The second-order valence-electron chi connectivity index (χ2n) is 9.36. The number of hydrogen-bond acceptors (Lipinski definition) is 0. The van der Waals surface area contributed by atoms with Crippen molar-refractivity contribution in [2.45, 2.75) is 142 Å². The molecule has 1 aliphatic rings. The Morgan fingerprint density at radius 1 is 0.607 bits per heavy atom. The lowest BCUT2D eigenvalue weighted by Crippen LogP contribution is -2.03. The number of unbranched alkanes of at least 4 members (excludes halogenated alkanes) is 5. The van der Waals surface area contributed by atoms with Gasteiger partial charge in [-0.15, -0.1) is 0 Å². The van der Waals surface area contributed by atoms with Crippen LogP contribution in [0.3, 0.4) is 0 Å². The van der Waals surface area contributed by atoms with Gasteiger partial charge in [-0.25, -0.2) is 0 Å². The van der Waals surface area contributed by atoms with Gasteiger partial charge in [-0.05, 0) is 56.1 Å². The van der Waals surface area contributed by atoms with Crippen molar-refractivity contribution in [3.8, 4) is 0 Å². The summed E-state index contributed by atoms with van der Waals surface area (Å²) in [6.45, 7) is 4.68. The van der Waals surface area contributed by atoms with E-state index in [2.05, 4.69) is 25.5 Å². The molecule has 0 saturated heterocycles. The Kier molecular flexibility index (Phi) is 12.0. The minimum absolute atomic E-state index is 1.29. The summed E-state index contributed by atoms with van der Waals surface area (Å²) < 4.78 is 2.66. The summed E-state index contributed by atoms with van der Waals surface area (Å²) in [7, 11) is 2.39. The summed E-state index contributed by atoms with van der Waals surface area (Å²) in [5.41, 5.74) is 6.96. The molecule has 162 valence electrons. The minimum Gasteiger partial charge on any atom is -0.351 e. The molecule has 0 radical (unpaired) electrons. The lowest BCUT2D eigenvalue weighted by atomic mass is 9.95. The number of hydrogen-bond donors (Lipinski definition) is 0. The zero-order valence-corrected chi connectivity index (χ0v) is 19.6. The van der Waals surface area contributed by atoms with E-state index in [1.165, 1.54) is 128 Å². The third-order valence-electron chi connectivity index (χ3n) is 6.98. The quantitative estimate of drug-likeness (QED) is 0.374. The molecular weight excluding hydrogens is 338 g/mol. The fraction of sp³-hybridized carbons (Fsp3) is 0.852. The fourth-order valence-corrected chi connectivity index (χ4v) is 5.30. The highest BCUT2D eigenvalue weighted by atomic mass is 15.0. The summed E-state index contributed by atoms with van der Waals surface area (Å²) in [6, 6.07) is 0. The van der Waals surface area contributed by atoms with Gasteiger partial charge in [0.05, 0.1) is 0 Å². The van der Waals surface area contributed by atoms with E-state index in [0.29, 0.717) is 0 Å². The van der Waals surface area contributed by atoms with Crippen molar-refractivity contribution in [1.29, 1.82) is 0 Å². The Balaban J connectivity index is 2.10. The molecular formula is C27H49N. The van der Waals surface area contributed by atoms with Gasteiger partial charge >= 0.3 is 0 Å². The predicted molar refractivity (Wildman–Crippen MR) is 125 cm³/mol. The topological polar surface area (TPSA) is 4.93 Å². The van der Waals surface area contributed by atoms with Crippen molar-refractivity contribution >= 4 is 0 Å². The van der Waals surface area contributed by atoms with Crippen molar-refractivity contribution in [2.75, 3.05) is 0 Å². The van der Waals surface area contributed by atoms with E-state index in [-0.39, 0.29) is 0 Å². The molecule has 0 aromatic carbocycles. The van der Waals surface area contributed by atoms with Crippen LogP contribution in [0, 0.1) is 0 Å². The summed E-state index contributed by atoms with van der Waals surface area (Å²) in [5.74, 6) is 0. The van der Waals surface area contributed by atoms with Gasteiger partial charge in [-0.2, -0.15) is 0 Å². The first-order chi connectivity index (χ1) is 13.8. The van der Waals surface area contributed by atoms with Crippen LogP contribution in [0.5, 0.6) is 0 Å². The zero-order valence-electron chi connectivity index (χ0n) is 19.6. The highest BCUT2D eigenvalue weighted by Crippen LogP contribution is 2.29. The SMILES string of the molecule is CCCCCCCCc1c(CCC)c2c(n1C)CCCCCCCCCCC2. The van der Waals surface area contributed by atoms with Crippen molar-refractivity contribution in [3.05, 3.63) is 22.5 Å². The molecule has 1 aromatic rings.